The zero-order valence-electron chi connectivity index (χ0n) is 12.1. The number of Topliss-reactive ketones (excluding diaryl/α,β-unsaturated/α-hetero) is 1. The van der Waals surface area contributed by atoms with Gasteiger partial charge in [-0.25, -0.2) is 4.98 Å². The highest BCUT2D eigenvalue weighted by Crippen LogP contribution is 2.38. The van der Waals surface area contributed by atoms with E-state index in [2.05, 4.69) is 15.2 Å². The summed E-state index contributed by atoms with van der Waals surface area (Å²) in [5, 5.41) is 8.61. The second-order valence-corrected chi connectivity index (χ2v) is 6.22. The Hall–Kier alpha value is -2.01. The number of ketones is 1. The predicted molar refractivity (Wildman–Crippen MR) is 83.4 cm³/mol. The Morgan fingerprint density at radius 1 is 1.14 bits per heavy atom. The number of nitrogens with zero attached hydrogens (tertiary/aromatic N) is 3. The Bertz CT molecular complexity index is 738. The number of pyridine rings is 1. The van der Waals surface area contributed by atoms with Crippen LogP contribution in [-0.2, 0) is 0 Å². The maximum absolute atomic E-state index is 12.4. The number of rotatable bonds is 2. The fourth-order valence-corrected chi connectivity index (χ4v) is 3.38. The van der Waals surface area contributed by atoms with Gasteiger partial charge < -0.3 is 0 Å². The molecule has 1 aromatic carbocycles. The monoisotopic (exact) mass is 297 g/mol. The number of thioether (sulfide) groups is 1. The van der Waals surface area contributed by atoms with E-state index >= 15 is 0 Å². The summed E-state index contributed by atoms with van der Waals surface area (Å²) in [6.07, 6.45) is 0. The Kier molecular flexibility index (Phi) is 3.59. The number of azo groups is 1. The highest BCUT2D eigenvalue weighted by molar-refractivity contribution is 8.01. The Labute approximate surface area is 127 Å². The van der Waals surface area contributed by atoms with Crippen molar-refractivity contribution in [3.05, 3.63) is 52.7 Å². The molecule has 21 heavy (non-hydrogen) atoms. The molecule has 2 aromatic rings. The third kappa shape index (κ3) is 2.74. The van der Waals surface area contributed by atoms with Crippen molar-refractivity contribution in [3.8, 4) is 0 Å². The lowest BCUT2D eigenvalue weighted by Gasteiger charge is -2.01. The maximum Gasteiger partial charge on any atom is 0.202 e. The van der Waals surface area contributed by atoms with Gasteiger partial charge in [-0.2, -0.15) is 10.2 Å². The van der Waals surface area contributed by atoms with Gasteiger partial charge in [0.15, 0.2) is 5.37 Å². The molecule has 1 aromatic heterocycles. The minimum Gasteiger partial charge on any atom is -0.291 e. The first-order valence-electron chi connectivity index (χ1n) is 6.71. The van der Waals surface area contributed by atoms with E-state index < -0.39 is 5.37 Å². The molecule has 0 N–H and O–H groups in total. The molecule has 1 atom stereocenters. The maximum atomic E-state index is 12.4. The van der Waals surface area contributed by atoms with Crippen molar-refractivity contribution in [2.45, 2.75) is 31.2 Å². The van der Waals surface area contributed by atoms with E-state index in [9.17, 15) is 4.79 Å². The molecule has 0 saturated carbocycles. The van der Waals surface area contributed by atoms with Gasteiger partial charge >= 0.3 is 0 Å². The molecule has 1 aliphatic rings. The van der Waals surface area contributed by atoms with Crippen LogP contribution in [0.2, 0.25) is 0 Å². The Morgan fingerprint density at radius 2 is 1.86 bits per heavy atom. The van der Waals surface area contributed by atoms with Crippen LogP contribution in [0.1, 0.15) is 27.2 Å². The van der Waals surface area contributed by atoms with Crippen LogP contribution >= 0.6 is 11.8 Å². The zero-order valence-corrected chi connectivity index (χ0v) is 12.9. The topological polar surface area (TPSA) is 54.7 Å². The molecule has 0 fully saturated rings. The average Bonchev–Trinajstić information content (AvgIpc) is 2.74. The number of hydrogen-bond donors (Lipinski definition) is 0. The fourth-order valence-electron chi connectivity index (χ4n) is 2.28. The summed E-state index contributed by atoms with van der Waals surface area (Å²) in [5.74, 6) is -0.00383. The van der Waals surface area contributed by atoms with Gasteiger partial charge in [-0.15, -0.1) is 0 Å². The first-order chi connectivity index (χ1) is 10.0. The van der Waals surface area contributed by atoms with Crippen molar-refractivity contribution in [1.82, 2.24) is 4.98 Å². The van der Waals surface area contributed by atoms with Gasteiger partial charge in [0.25, 0.3) is 0 Å². The lowest BCUT2D eigenvalue weighted by molar-refractivity contribution is 0.0991. The van der Waals surface area contributed by atoms with Gasteiger partial charge in [0.2, 0.25) is 5.78 Å². The van der Waals surface area contributed by atoms with Gasteiger partial charge in [0.05, 0.1) is 11.3 Å². The third-order valence-corrected chi connectivity index (χ3v) is 4.37. The molecule has 106 valence electrons. The number of hydrogen-bond acceptors (Lipinski definition) is 5. The molecule has 0 unspecified atom stereocenters. The lowest BCUT2D eigenvalue weighted by Crippen LogP contribution is -2.09. The quantitative estimate of drug-likeness (QED) is 0.772. The number of aromatic nitrogens is 1. The molecular formula is C16H15N3OS. The molecule has 3 rings (SSSR count). The minimum absolute atomic E-state index is 0.00383. The van der Waals surface area contributed by atoms with Crippen LogP contribution in [0, 0.1) is 20.8 Å². The third-order valence-electron chi connectivity index (χ3n) is 3.32. The van der Waals surface area contributed by atoms with Crippen LogP contribution < -0.4 is 0 Å². The molecule has 5 heteroatoms. The fraction of sp³-hybridized carbons (Fsp3) is 0.250. The average molecular weight is 297 g/mol. The second-order valence-electron chi connectivity index (χ2n) is 5.15. The summed E-state index contributed by atoms with van der Waals surface area (Å²) in [6.45, 7) is 5.88. The largest absolute Gasteiger partial charge is 0.291 e. The first-order valence-corrected chi connectivity index (χ1v) is 7.59. The van der Waals surface area contributed by atoms with Gasteiger partial charge in [-0.3, -0.25) is 4.79 Å². The lowest BCUT2D eigenvalue weighted by atomic mass is 10.1. The van der Waals surface area contributed by atoms with Crippen molar-refractivity contribution < 1.29 is 4.79 Å². The second kappa shape index (κ2) is 5.41. The standard InChI is InChI=1S/C16H15N3OS/c1-9-4-6-12(7-5-9)18-19-16-14(20)13-10(2)8-11(3)17-15(13)21-16/h4-8,16H,1-3H3/t16-/m0/s1. The number of carbonyl (C=O) groups excluding carboxylic acids is 1. The van der Waals surface area contributed by atoms with Crippen molar-refractivity contribution in [3.63, 3.8) is 0 Å². The number of benzene rings is 1. The smallest absolute Gasteiger partial charge is 0.202 e. The van der Waals surface area contributed by atoms with E-state index in [1.807, 2.05) is 51.1 Å². The van der Waals surface area contributed by atoms with E-state index in [4.69, 9.17) is 0 Å². The normalized spacial score (nSPS) is 17.5. The van der Waals surface area contributed by atoms with Gasteiger partial charge in [0, 0.05) is 5.69 Å². The summed E-state index contributed by atoms with van der Waals surface area (Å²) < 4.78 is 0. The number of aryl methyl sites for hydroxylation is 3. The summed E-state index contributed by atoms with van der Waals surface area (Å²) in [5.41, 5.74) is 4.50. The van der Waals surface area contributed by atoms with Crippen molar-refractivity contribution in [1.29, 1.82) is 0 Å². The molecule has 0 amide bonds. The highest BCUT2D eigenvalue weighted by atomic mass is 32.2. The molecule has 0 radical (unpaired) electrons. The molecule has 1 aliphatic heterocycles. The summed E-state index contributed by atoms with van der Waals surface area (Å²) in [4.78, 5) is 16.8. The van der Waals surface area contributed by atoms with E-state index in [1.54, 1.807) is 0 Å². The first kappa shape index (κ1) is 13.9. The predicted octanol–water partition coefficient (Wildman–Crippen LogP) is 4.41. The van der Waals surface area contributed by atoms with Crippen LogP contribution in [0.5, 0.6) is 0 Å². The SMILES string of the molecule is Cc1ccc(N=N[C@H]2Sc3nc(C)cc(C)c3C2=O)cc1. The van der Waals surface area contributed by atoms with Crippen LogP contribution in [0.3, 0.4) is 0 Å². The molecular weight excluding hydrogens is 282 g/mol. The molecule has 4 nitrogen and oxygen atoms in total. The molecule has 0 saturated heterocycles. The van der Waals surface area contributed by atoms with Crippen molar-refractivity contribution in [2.75, 3.05) is 0 Å². The summed E-state index contributed by atoms with van der Waals surface area (Å²) >= 11 is 1.37. The molecule has 0 aliphatic carbocycles. The van der Waals surface area contributed by atoms with Gasteiger partial charge in [0.1, 0.15) is 5.03 Å². The van der Waals surface area contributed by atoms with E-state index in [0.29, 0.717) is 5.56 Å². The van der Waals surface area contributed by atoms with E-state index in [1.165, 1.54) is 17.3 Å². The molecule has 2 heterocycles. The Balaban J connectivity index is 1.85. The molecule has 0 bridgehead atoms. The highest BCUT2D eigenvalue weighted by Gasteiger charge is 2.34. The Morgan fingerprint density at radius 3 is 2.57 bits per heavy atom. The van der Waals surface area contributed by atoms with Crippen molar-refractivity contribution in [2.24, 2.45) is 10.2 Å². The van der Waals surface area contributed by atoms with Crippen LogP contribution in [-0.4, -0.2) is 16.1 Å². The summed E-state index contributed by atoms with van der Waals surface area (Å²) in [6, 6.07) is 9.66. The van der Waals surface area contributed by atoms with Crippen molar-refractivity contribution >= 4 is 23.2 Å². The van der Waals surface area contributed by atoms with Crippen LogP contribution in [0.4, 0.5) is 5.69 Å². The number of carbonyl (C=O) groups is 1. The minimum atomic E-state index is -0.519. The molecule has 0 spiro atoms. The zero-order chi connectivity index (χ0) is 15.0. The number of fused-ring (bicyclic) bond motifs is 1. The van der Waals surface area contributed by atoms with Gasteiger partial charge in [-0.05, 0) is 44.5 Å². The van der Waals surface area contributed by atoms with Crippen LogP contribution in [0.25, 0.3) is 0 Å². The van der Waals surface area contributed by atoms with Gasteiger partial charge in [-0.1, -0.05) is 29.5 Å². The van der Waals surface area contributed by atoms with E-state index in [-0.39, 0.29) is 5.78 Å². The van der Waals surface area contributed by atoms with Crippen LogP contribution in [0.15, 0.2) is 45.6 Å². The van der Waals surface area contributed by atoms with E-state index in [0.717, 1.165) is 22.0 Å². The summed E-state index contributed by atoms with van der Waals surface area (Å²) in [7, 11) is 0.